The quantitative estimate of drug-likeness (QED) is 0.0780. The molecule has 0 fully saturated rings. The summed E-state index contributed by atoms with van der Waals surface area (Å²) in [7, 11) is 1.50. The van der Waals surface area contributed by atoms with Gasteiger partial charge in [0.2, 0.25) is 5.91 Å². The number of carbonyl (C=O) groups excluding carboxylic acids is 4. The number of methoxy groups -OCH3 is 1. The van der Waals surface area contributed by atoms with Gasteiger partial charge in [-0.2, -0.15) is 0 Å². The largest absolute Gasteiger partial charge is 0.495 e. The molecule has 0 aliphatic rings. The van der Waals surface area contributed by atoms with E-state index in [9.17, 15) is 29.3 Å². The Morgan fingerprint density at radius 2 is 1.69 bits per heavy atom. The molecule has 0 bridgehead atoms. The second-order valence-electron chi connectivity index (χ2n) is 9.84. The molecule has 0 radical (unpaired) electrons. The molecule has 0 saturated carbocycles. The van der Waals surface area contributed by atoms with Crippen LogP contribution in [0.25, 0.3) is 5.69 Å². The maximum Gasteiger partial charge on any atom is 0.348 e. The molecule has 2 aromatic heterocycles. The van der Waals surface area contributed by atoms with E-state index in [4.69, 9.17) is 14.2 Å². The number of carbonyl (C=O) groups is 4. The van der Waals surface area contributed by atoms with Gasteiger partial charge in [0.15, 0.2) is 11.0 Å². The van der Waals surface area contributed by atoms with Gasteiger partial charge in [0.25, 0.3) is 11.6 Å². The van der Waals surface area contributed by atoms with Crippen molar-refractivity contribution < 1.29 is 38.3 Å². The summed E-state index contributed by atoms with van der Waals surface area (Å²) in [6.45, 7) is 6.67. The van der Waals surface area contributed by atoms with Crippen LogP contribution in [0.5, 0.6) is 5.75 Å². The molecule has 4 rings (SSSR count). The summed E-state index contributed by atoms with van der Waals surface area (Å²) in [6.07, 6.45) is 0. The molecule has 2 aromatic carbocycles. The Balaban J connectivity index is 1.60. The fraction of sp³-hybridized carbons (Fsp3) is 0.290. The highest BCUT2D eigenvalue weighted by Crippen LogP contribution is 2.36. The number of aromatic nitrogens is 3. The number of nitro benzene ring substituents is 1. The Bertz CT molecular complexity index is 1840. The molecule has 15 nitrogen and oxygen atoms in total. The number of benzene rings is 2. The summed E-state index contributed by atoms with van der Waals surface area (Å²) in [4.78, 5) is 62.3. The number of hydrogen-bond donors (Lipinski definition) is 2. The lowest BCUT2D eigenvalue weighted by Gasteiger charge is -2.16. The summed E-state index contributed by atoms with van der Waals surface area (Å²) in [5.74, 6) is -1.52. The lowest BCUT2D eigenvalue weighted by atomic mass is 10.1. The third kappa shape index (κ3) is 7.98. The Labute approximate surface area is 283 Å². The number of nitro groups is 1. The minimum absolute atomic E-state index is 0.0682. The monoisotopic (exact) mass is 696 g/mol. The minimum atomic E-state index is -0.797. The van der Waals surface area contributed by atoms with E-state index in [-0.39, 0.29) is 46.5 Å². The molecule has 2 N–H and O–H groups in total. The molecule has 2 amide bonds. The number of para-hydroxylation sites is 2. The number of amides is 2. The standard InChI is InChI=1S/C31H32N6O9S2/c1-6-45-29(40)24-17(3)25(30(41)46-7-2)48-28(24)33-26(38)18(4)47-31-35-34-23(36(31)21-10-8-9-11-22(21)44-5)16-32-27(39)19-12-14-20(15-13-19)37(42)43/h8-15,18H,6-7,16H2,1-5H3,(H,32,39)(H,33,38)/t18-/m1/s1. The van der Waals surface area contributed by atoms with E-state index in [1.165, 1.54) is 31.4 Å². The van der Waals surface area contributed by atoms with Gasteiger partial charge in [0.05, 0.1) is 48.3 Å². The first kappa shape index (κ1) is 35.6. The van der Waals surface area contributed by atoms with Crippen LogP contribution in [0.1, 0.15) is 62.5 Å². The summed E-state index contributed by atoms with van der Waals surface area (Å²) in [6, 6.07) is 12.2. The first-order valence-electron chi connectivity index (χ1n) is 14.6. The van der Waals surface area contributed by atoms with Gasteiger partial charge >= 0.3 is 11.9 Å². The highest BCUT2D eigenvalue weighted by atomic mass is 32.2. The van der Waals surface area contributed by atoms with Crippen molar-refractivity contribution >= 4 is 57.5 Å². The van der Waals surface area contributed by atoms with Gasteiger partial charge in [-0.1, -0.05) is 23.9 Å². The van der Waals surface area contributed by atoms with Gasteiger partial charge in [-0.25, -0.2) is 9.59 Å². The summed E-state index contributed by atoms with van der Waals surface area (Å²) in [5.41, 5.74) is 1.01. The molecule has 2 heterocycles. The van der Waals surface area contributed by atoms with Crippen molar-refractivity contribution in [3.05, 3.63) is 86.0 Å². The van der Waals surface area contributed by atoms with Crippen molar-refractivity contribution in [2.45, 2.75) is 44.6 Å². The van der Waals surface area contributed by atoms with Crippen molar-refractivity contribution in [1.29, 1.82) is 0 Å². The molecule has 0 saturated heterocycles. The van der Waals surface area contributed by atoms with Gasteiger partial charge in [-0.05, 0) is 57.5 Å². The summed E-state index contributed by atoms with van der Waals surface area (Å²) < 4.78 is 17.5. The molecular formula is C31H32N6O9S2. The number of esters is 2. The van der Waals surface area contributed by atoms with Crippen molar-refractivity contribution in [1.82, 2.24) is 20.1 Å². The highest BCUT2D eigenvalue weighted by molar-refractivity contribution is 8.00. The molecule has 252 valence electrons. The van der Waals surface area contributed by atoms with Crippen LogP contribution < -0.4 is 15.4 Å². The number of non-ortho nitro benzene ring substituents is 1. The zero-order valence-electron chi connectivity index (χ0n) is 26.6. The number of nitrogens with one attached hydrogen (secondary N) is 2. The summed E-state index contributed by atoms with van der Waals surface area (Å²) >= 11 is 1.98. The van der Waals surface area contributed by atoms with E-state index in [2.05, 4.69) is 20.8 Å². The van der Waals surface area contributed by atoms with E-state index in [0.29, 0.717) is 28.0 Å². The molecular weight excluding hydrogens is 665 g/mol. The van der Waals surface area contributed by atoms with Crippen LogP contribution in [0.15, 0.2) is 53.7 Å². The lowest BCUT2D eigenvalue weighted by Crippen LogP contribution is -2.25. The maximum absolute atomic E-state index is 13.5. The Morgan fingerprint density at radius 3 is 2.33 bits per heavy atom. The predicted molar refractivity (Wildman–Crippen MR) is 177 cm³/mol. The van der Waals surface area contributed by atoms with Gasteiger partial charge in [0, 0.05) is 17.7 Å². The Kier molecular flexibility index (Phi) is 11.9. The van der Waals surface area contributed by atoms with Crippen LogP contribution in [0.3, 0.4) is 0 Å². The molecule has 1 atom stereocenters. The van der Waals surface area contributed by atoms with Crippen LogP contribution in [0, 0.1) is 17.0 Å². The van der Waals surface area contributed by atoms with Gasteiger partial charge < -0.3 is 24.8 Å². The smallest absolute Gasteiger partial charge is 0.348 e. The fourth-order valence-electron chi connectivity index (χ4n) is 4.41. The average molecular weight is 697 g/mol. The first-order chi connectivity index (χ1) is 23.0. The van der Waals surface area contributed by atoms with Crippen molar-refractivity contribution in [2.24, 2.45) is 0 Å². The molecule has 17 heteroatoms. The SMILES string of the molecule is CCOC(=O)c1sc(NC(=O)[C@@H](C)Sc2nnc(CNC(=O)c3ccc([N+](=O)[O-])cc3)n2-c2ccccc2OC)c(C(=O)OCC)c1C. The molecule has 4 aromatic rings. The molecule has 48 heavy (non-hydrogen) atoms. The van der Waals surface area contributed by atoms with E-state index < -0.39 is 33.9 Å². The average Bonchev–Trinajstić information content (AvgIpc) is 3.63. The van der Waals surface area contributed by atoms with E-state index in [1.54, 1.807) is 56.5 Å². The third-order valence-corrected chi connectivity index (χ3v) is 8.98. The number of thioether (sulfide) groups is 1. The van der Waals surface area contributed by atoms with Crippen LogP contribution >= 0.6 is 23.1 Å². The number of ether oxygens (including phenoxy) is 3. The van der Waals surface area contributed by atoms with Crippen LogP contribution in [-0.4, -0.2) is 69.0 Å². The number of nitrogens with zero attached hydrogens (tertiary/aromatic N) is 4. The molecule has 0 spiro atoms. The number of thiophene rings is 1. The van der Waals surface area contributed by atoms with Gasteiger partial charge in [-0.3, -0.25) is 24.3 Å². The second-order valence-corrected chi connectivity index (χ2v) is 12.2. The van der Waals surface area contributed by atoms with E-state index in [0.717, 1.165) is 23.1 Å². The molecule has 0 aliphatic carbocycles. The molecule has 0 aliphatic heterocycles. The predicted octanol–water partition coefficient (Wildman–Crippen LogP) is 4.96. The highest BCUT2D eigenvalue weighted by Gasteiger charge is 2.29. The van der Waals surface area contributed by atoms with E-state index in [1.807, 2.05) is 0 Å². The Morgan fingerprint density at radius 1 is 1.02 bits per heavy atom. The number of anilines is 1. The molecule has 0 unspecified atom stereocenters. The lowest BCUT2D eigenvalue weighted by molar-refractivity contribution is -0.384. The minimum Gasteiger partial charge on any atom is -0.495 e. The van der Waals surface area contributed by atoms with Crippen LogP contribution in [0.4, 0.5) is 10.7 Å². The zero-order valence-corrected chi connectivity index (χ0v) is 28.2. The normalized spacial score (nSPS) is 11.4. The second kappa shape index (κ2) is 16.0. The maximum atomic E-state index is 13.5. The van der Waals surface area contributed by atoms with Crippen molar-refractivity contribution in [3.8, 4) is 11.4 Å². The fourth-order valence-corrected chi connectivity index (χ4v) is 6.38. The number of hydrogen-bond acceptors (Lipinski definition) is 13. The van der Waals surface area contributed by atoms with Crippen molar-refractivity contribution in [3.63, 3.8) is 0 Å². The van der Waals surface area contributed by atoms with Crippen molar-refractivity contribution in [2.75, 3.05) is 25.6 Å². The van der Waals surface area contributed by atoms with Gasteiger partial charge in [-0.15, -0.1) is 21.5 Å². The zero-order chi connectivity index (χ0) is 35.0. The number of rotatable bonds is 14. The van der Waals surface area contributed by atoms with E-state index >= 15 is 0 Å². The first-order valence-corrected chi connectivity index (χ1v) is 16.3. The van der Waals surface area contributed by atoms with Crippen LogP contribution in [-0.2, 0) is 20.8 Å². The third-order valence-electron chi connectivity index (χ3n) is 6.75. The summed E-state index contributed by atoms with van der Waals surface area (Å²) in [5, 5.41) is 24.7. The van der Waals surface area contributed by atoms with Gasteiger partial charge in [0.1, 0.15) is 15.6 Å². The van der Waals surface area contributed by atoms with Crippen LogP contribution in [0.2, 0.25) is 0 Å². The topological polar surface area (TPSA) is 194 Å². The Hall–Kier alpha value is -5.29.